The lowest BCUT2D eigenvalue weighted by molar-refractivity contribution is 0.0949. The number of rotatable bonds is 7. The fourth-order valence-corrected chi connectivity index (χ4v) is 3.23. The highest BCUT2D eigenvalue weighted by Gasteiger charge is 2.18. The number of carbonyl (C=O) groups excluding carboxylic acids is 1. The number of nitrogens with zero attached hydrogens (tertiary/aromatic N) is 1. The molecule has 0 bridgehead atoms. The van der Waals surface area contributed by atoms with Gasteiger partial charge in [0.1, 0.15) is 5.75 Å². The predicted molar refractivity (Wildman–Crippen MR) is 129 cm³/mol. The number of hydrogen-bond donors (Lipinski definition) is 1. The van der Waals surface area contributed by atoms with Gasteiger partial charge in [0.15, 0.2) is 17.8 Å². The Morgan fingerprint density at radius 2 is 1.84 bits per heavy atom. The third-order valence-corrected chi connectivity index (χ3v) is 5.09. The molecule has 5 nitrogen and oxygen atoms in total. The van der Waals surface area contributed by atoms with Crippen molar-refractivity contribution in [2.45, 2.75) is 33.6 Å². The van der Waals surface area contributed by atoms with Crippen LogP contribution in [0.4, 0.5) is 4.39 Å². The number of hydrogen-bond acceptors (Lipinski definition) is 4. The molecule has 0 aliphatic heterocycles. The smallest absolute Gasteiger partial charge is 0.273 e. The molecule has 2 aromatic carbocycles. The molecule has 0 saturated carbocycles. The molecule has 3 aromatic rings. The van der Waals surface area contributed by atoms with Crippen molar-refractivity contribution in [1.29, 1.82) is 0 Å². The van der Waals surface area contributed by atoms with E-state index in [0.29, 0.717) is 29.5 Å². The number of aromatic nitrogens is 1. The molecular weight excluding hydrogens is 454 g/mol. The van der Waals surface area contributed by atoms with Gasteiger partial charge in [-0.15, -0.1) is 0 Å². The number of aryl methyl sites for hydroxylation is 2. The van der Waals surface area contributed by atoms with Crippen molar-refractivity contribution in [3.05, 3.63) is 69.7 Å². The molecule has 8 heteroatoms. The summed E-state index contributed by atoms with van der Waals surface area (Å²) in [7, 11) is 2.12. The Hall–Kier alpha value is -2.57. The summed E-state index contributed by atoms with van der Waals surface area (Å²) in [5, 5.41) is 3.95. The first kappa shape index (κ1) is 27.5. The van der Waals surface area contributed by atoms with E-state index in [1.807, 2.05) is 51.1 Å². The summed E-state index contributed by atoms with van der Waals surface area (Å²) >= 11 is 11.9. The second kappa shape index (κ2) is 14.5. The second-order valence-electron chi connectivity index (χ2n) is 6.32. The van der Waals surface area contributed by atoms with E-state index in [2.05, 4.69) is 10.3 Å². The maximum absolute atomic E-state index is 12.5. The number of benzene rings is 2. The van der Waals surface area contributed by atoms with Gasteiger partial charge in [-0.3, -0.25) is 9.18 Å². The lowest BCUT2D eigenvalue weighted by atomic mass is 10.1. The van der Waals surface area contributed by atoms with E-state index in [9.17, 15) is 9.18 Å². The van der Waals surface area contributed by atoms with Gasteiger partial charge < -0.3 is 14.5 Å². The highest BCUT2D eigenvalue weighted by atomic mass is 35.5. The van der Waals surface area contributed by atoms with Gasteiger partial charge in [-0.1, -0.05) is 43.1 Å². The molecular formula is C24H29Cl2FN2O3. The number of methoxy groups -OCH3 is 1. The summed E-state index contributed by atoms with van der Waals surface area (Å²) in [4.78, 5) is 16.6. The number of alkyl halides is 1. The Balaban J connectivity index is 0.00000121. The van der Waals surface area contributed by atoms with Crippen molar-refractivity contribution in [2.75, 3.05) is 20.8 Å². The summed E-state index contributed by atoms with van der Waals surface area (Å²) in [6.45, 7) is 6.44. The first-order chi connectivity index (χ1) is 15.5. The van der Waals surface area contributed by atoms with Crippen molar-refractivity contribution >= 4 is 29.1 Å². The van der Waals surface area contributed by atoms with Crippen LogP contribution < -0.4 is 10.1 Å². The highest BCUT2D eigenvalue weighted by Crippen LogP contribution is 2.28. The van der Waals surface area contributed by atoms with Crippen molar-refractivity contribution in [2.24, 2.45) is 0 Å². The van der Waals surface area contributed by atoms with Crippen LogP contribution in [0.2, 0.25) is 10.0 Å². The molecule has 1 heterocycles. The van der Waals surface area contributed by atoms with Gasteiger partial charge in [0.2, 0.25) is 0 Å². The van der Waals surface area contributed by atoms with E-state index in [1.165, 1.54) is 6.39 Å². The minimum Gasteiger partial charge on any atom is -0.496 e. The highest BCUT2D eigenvalue weighted by molar-refractivity contribution is 6.42. The van der Waals surface area contributed by atoms with Crippen LogP contribution in [0.5, 0.6) is 5.75 Å². The van der Waals surface area contributed by atoms with Crippen LogP contribution in [0.3, 0.4) is 0 Å². The zero-order valence-corrected chi connectivity index (χ0v) is 20.5. The molecule has 0 aliphatic carbocycles. The summed E-state index contributed by atoms with van der Waals surface area (Å²) in [5.41, 5.74) is 3.06. The van der Waals surface area contributed by atoms with E-state index in [1.54, 1.807) is 13.2 Å². The van der Waals surface area contributed by atoms with Crippen molar-refractivity contribution in [3.8, 4) is 17.1 Å². The Morgan fingerprint density at radius 3 is 2.47 bits per heavy atom. The summed E-state index contributed by atoms with van der Waals surface area (Å²) in [6, 6.07) is 11.1. The quantitative estimate of drug-likeness (QED) is 0.370. The molecule has 0 unspecified atom stereocenters. The van der Waals surface area contributed by atoms with Crippen molar-refractivity contribution < 1.29 is 18.3 Å². The molecule has 0 radical (unpaired) electrons. The molecule has 174 valence electrons. The minimum absolute atomic E-state index is 0.263. The fourth-order valence-electron chi connectivity index (χ4n) is 2.91. The largest absolute Gasteiger partial charge is 0.496 e. The maximum Gasteiger partial charge on any atom is 0.273 e. The van der Waals surface area contributed by atoms with Gasteiger partial charge >= 0.3 is 0 Å². The predicted octanol–water partition coefficient (Wildman–Crippen LogP) is 6.94. The number of oxazole rings is 1. The average molecular weight is 483 g/mol. The molecule has 32 heavy (non-hydrogen) atoms. The number of amides is 1. The molecule has 3 rings (SSSR count). The molecule has 0 saturated heterocycles. The van der Waals surface area contributed by atoms with Crippen LogP contribution in [-0.4, -0.2) is 31.7 Å². The van der Waals surface area contributed by atoms with Gasteiger partial charge in [-0.25, -0.2) is 4.98 Å². The lowest BCUT2D eigenvalue weighted by Crippen LogP contribution is -2.25. The van der Waals surface area contributed by atoms with E-state index in [-0.39, 0.29) is 11.6 Å². The van der Waals surface area contributed by atoms with Crippen LogP contribution in [0.15, 0.2) is 47.2 Å². The molecule has 0 atom stereocenters. The first-order valence-electron chi connectivity index (χ1n) is 10.2. The summed E-state index contributed by atoms with van der Waals surface area (Å²) in [5.74, 6) is 0.940. The number of halogens is 3. The Labute approximate surface area is 198 Å². The topological polar surface area (TPSA) is 64.4 Å². The van der Waals surface area contributed by atoms with E-state index in [4.69, 9.17) is 32.4 Å². The molecule has 1 amide bonds. The van der Waals surface area contributed by atoms with E-state index >= 15 is 0 Å². The average Bonchev–Trinajstić information content (AvgIpc) is 3.31. The Morgan fingerprint density at radius 1 is 1.12 bits per heavy atom. The Kier molecular flexibility index (Phi) is 12.4. The molecule has 0 spiro atoms. The van der Waals surface area contributed by atoms with Crippen molar-refractivity contribution in [3.63, 3.8) is 0 Å². The third-order valence-electron chi connectivity index (χ3n) is 4.35. The van der Waals surface area contributed by atoms with E-state index < -0.39 is 0 Å². The van der Waals surface area contributed by atoms with Gasteiger partial charge in [0.05, 0.1) is 24.3 Å². The van der Waals surface area contributed by atoms with Crippen LogP contribution in [-0.2, 0) is 6.42 Å². The number of carbonyl (C=O) groups is 1. The van der Waals surface area contributed by atoms with E-state index in [0.717, 1.165) is 35.3 Å². The molecule has 0 fully saturated rings. The van der Waals surface area contributed by atoms with Gasteiger partial charge in [-0.2, -0.15) is 0 Å². The normalized spacial score (nSPS) is 9.75. The summed E-state index contributed by atoms with van der Waals surface area (Å²) < 4.78 is 20.2. The summed E-state index contributed by atoms with van der Waals surface area (Å²) in [6.07, 6.45) is 2.82. The number of ether oxygens (including phenoxy) is 1. The van der Waals surface area contributed by atoms with Crippen LogP contribution >= 0.6 is 23.2 Å². The van der Waals surface area contributed by atoms with Crippen LogP contribution in [0, 0.1) is 6.92 Å². The van der Waals surface area contributed by atoms with Gasteiger partial charge in [0.25, 0.3) is 5.91 Å². The maximum atomic E-state index is 12.5. The van der Waals surface area contributed by atoms with Crippen molar-refractivity contribution in [1.82, 2.24) is 10.3 Å². The Bertz CT molecular complexity index is 993. The van der Waals surface area contributed by atoms with Gasteiger partial charge in [-0.05, 0) is 61.2 Å². The standard InChI is InChI=1S/C21H20Cl2N2O3.C2H6.CH3F/c1-13-10-15(6-8-18(13)27-2)20-19(25-12-28-20)21(26)24-9-3-4-14-5-7-16(22)17(23)11-14;2*1-2/h5-8,10-12H,3-4,9H2,1-2H3,(H,24,26);1-2H3;1H3. The number of nitrogens with one attached hydrogen (secondary N) is 1. The fraction of sp³-hybridized carbons (Fsp3) is 0.333. The van der Waals surface area contributed by atoms with Crippen LogP contribution in [0.1, 0.15) is 41.9 Å². The molecule has 1 N–H and O–H groups in total. The second-order valence-corrected chi connectivity index (χ2v) is 7.14. The minimum atomic E-state index is -0.272. The first-order valence-corrected chi connectivity index (χ1v) is 10.9. The third kappa shape index (κ3) is 7.53. The van der Waals surface area contributed by atoms with Gasteiger partial charge in [0, 0.05) is 12.1 Å². The molecule has 1 aromatic heterocycles. The van der Waals surface area contributed by atoms with Crippen LogP contribution in [0.25, 0.3) is 11.3 Å². The molecule has 0 aliphatic rings. The monoisotopic (exact) mass is 482 g/mol. The lowest BCUT2D eigenvalue weighted by Gasteiger charge is -2.08. The SMILES string of the molecule is CC.CF.COc1ccc(-c2ocnc2C(=O)NCCCc2ccc(Cl)c(Cl)c2)cc1C. The zero-order chi connectivity index (χ0) is 24.1. The zero-order valence-electron chi connectivity index (χ0n) is 19.0.